The van der Waals surface area contributed by atoms with Crippen molar-refractivity contribution in [2.45, 2.75) is 44.5 Å². The number of halogens is 1. The fourth-order valence-electron chi connectivity index (χ4n) is 5.17. The lowest BCUT2D eigenvalue weighted by Crippen LogP contribution is -2.53. The van der Waals surface area contributed by atoms with E-state index in [1.807, 2.05) is 19.2 Å². The largest absolute Gasteiger partial charge is 0.387 e. The number of rotatable bonds is 10. The number of fused-ring (bicyclic) bond motifs is 1. The standard InChI is InChI=1S/C29H35FN8O3/c1-29(2,41)26(30)14-34-28(40)22-13-32-24(25-5-4-21-8-18(10-31)12-35-38(21)25)9-23(22)36-20-6-17(7-20)11-33-27(39)19-15-37(3)16-19/h4-5,8-9,12-13,17,19-20,26,41H,6-7,11,14-16H2,1-3H3,(H,32,36)(H,33,39)(H,34,40). The Morgan fingerprint density at radius 3 is 2.66 bits per heavy atom. The molecule has 3 aromatic heterocycles. The van der Waals surface area contributed by atoms with Crippen LogP contribution in [0.2, 0.25) is 0 Å². The minimum atomic E-state index is -1.64. The number of pyridine rings is 1. The molecule has 1 saturated heterocycles. The molecule has 0 radical (unpaired) electrons. The average molecular weight is 563 g/mol. The molecule has 11 nitrogen and oxygen atoms in total. The maximum Gasteiger partial charge on any atom is 0.255 e. The van der Waals surface area contributed by atoms with Gasteiger partial charge in [-0.2, -0.15) is 10.4 Å². The summed E-state index contributed by atoms with van der Waals surface area (Å²) >= 11 is 0. The number of hydrogen-bond acceptors (Lipinski definition) is 8. The Kier molecular flexibility index (Phi) is 7.93. The Bertz CT molecular complexity index is 1480. The molecule has 3 aromatic rings. The van der Waals surface area contributed by atoms with Crippen molar-refractivity contribution in [2.75, 3.05) is 38.5 Å². The highest BCUT2D eigenvalue weighted by Crippen LogP contribution is 2.33. The van der Waals surface area contributed by atoms with E-state index in [0.717, 1.165) is 31.4 Å². The van der Waals surface area contributed by atoms with Crippen LogP contribution in [-0.4, -0.2) is 87.5 Å². The first-order valence-corrected chi connectivity index (χ1v) is 13.8. The zero-order valence-electron chi connectivity index (χ0n) is 23.4. The molecule has 1 atom stereocenters. The SMILES string of the molecule is CN1CC(C(=O)NCC2CC(Nc3cc(-c4ccc5cc(C#N)cnn45)ncc3C(=O)NCC(F)C(C)(C)O)C2)C1. The lowest BCUT2D eigenvalue weighted by atomic mass is 9.80. The normalized spacial score (nSPS) is 20.0. The van der Waals surface area contributed by atoms with E-state index < -0.39 is 17.7 Å². The van der Waals surface area contributed by atoms with E-state index in [9.17, 15) is 24.3 Å². The van der Waals surface area contributed by atoms with Crippen molar-refractivity contribution >= 4 is 23.0 Å². The molecule has 1 aliphatic heterocycles. The van der Waals surface area contributed by atoms with Gasteiger partial charge in [-0.25, -0.2) is 8.91 Å². The van der Waals surface area contributed by atoms with Gasteiger partial charge in [-0.15, -0.1) is 0 Å². The van der Waals surface area contributed by atoms with Gasteiger partial charge in [-0.3, -0.25) is 14.6 Å². The van der Waals surface area contributed by atoms with E-state index in [-0.39, 0.29) is 30.0 Å². The van der Waals surface area contributed by atoms with Crippen molar-refractivity contribution in [3.8, 4) is 17.5 Å². The van der Waals surface area contributed by atoms with Crippen LogP contribution in [0.3, 0.4) is 0 Å². The third kappa shape index (κ3) is 6.31. The van der Waals surface area contributed by atoms with Gasteiger partial charge in [0.05, 0.1) is 58.0 Å². The molecule has 2 fully saturated rings. The van der Waals surface area contributed by atoms with Crippen LogP contribution in [-0.2, 0) is 4.79 Å². The average Bonchev–Trinajstić information content (AvgIpc) is 3.33. The highest BCUT2D eigenvalue weighted by Gasteiger charge is 2.34. The van der Waals surface area contributed by atoms with Crippen LogP contribution in [0.5, 0.6) is 0 Å². The van der Waals surface area contributed by atoms with Crippen molar-refractivity contribution in [3.05, 3.63) is 47.8 Å². The number of carbonyl (C=O) groups is 2. The molecule has 4 heterocycles. The molecule has 4 N–H and O–H groups in total. The summed E-state index contributed by atoms with van der Waals surface area (Å²) in [6.45, 7) is 4.56. The third-order valence-corrected chi connectivity index (χ3v) is 7.84. The van der Waals surface area contributed by atoms with Crippen LogP contribution in [0, 0.1) is 23.2 Å². The summed E-state index contributed by atoms with van der Waals surface area (Å²) in [6.07, 6.45) is 2.92. The van der Waals surface area contributed by atoms with Crippen LogP contribution in [0.1, 0.15) is 42.6 Å². The topological polar surface area (TPSA) is 148 Å². The highest BCUT2D eigenvalue weighted by atomic mass is 19.1. The lowest BCUT2D eigenvalue weighted by Gasteiger charge is -2.38. The maximum atomic E-state index is 14.3. The first kappa shape index (κ1) is 28.4. The number of carbonyl (C=O) groups excluding carboxylic acids is 2. The summed E-state index contributed by atoms with van der Waals surface area (Å²) in [7, 11) is 1.99. The fourth-order valence-corrected chi connectivity index (χ4v) is 5.17. The molecule has 5 rings (SSSR count). The summed E-state index contributed by atoms with van der Waals surface area (Å²) in [5.41, 5.74) is 1.63. The predicted octanol–water partition coefficient (Wildman–Crippen LogP) is 1.98. The zero-order valence-corrected chi connectivity index (χ0v) is 23.4. The molecule has 1 unspecified atom stereocenters. The number of nitrogens with zero attached hydrogens (tertiary/aromatic N) is 5. The monoisotopic (exact) mass is 562 g/mol. The van der Waals surface area contributed by atoms with Crippen molar-refractivity contribution in [1.29, 1.82) is 5.26 Å². The van der Waals surface area contributed by atoms with Crippen LogP contribution in [0.4, 0.5) is 10.1 Å². The number of hydrogen-bond donors (Lipinski definition) is 4. The van der Waals surface area contributed by atoms with Crippen LogP contribution < -0.4 is 16.0 Å². The number of aliphatic hydroxyl groups is 1. The summed E-state index contributed by atoms with van der Waals surface area (Å²) in [5, 5.41) is 32.5. The minimum absolute atomic E-state index is 0.0664. The molecule has 0 aromatic carbocycles. The summed E-state index contributed by atoms with van der Waals surface area (Å²) in [5.74, 6) is -0.00924. The van der Waals surface area contributed by atoms with E-state index in [0.29, 0.717) is 35.1 Å². The Morgan fingerprint density at radius 1 is 1.22 bits per heavy atom. The number of alkyl halides is 1. The van der Waals surface area contributed by atoms with Crippen molar-refractivity contribution < 1.29 is 19.1 Å². The van der Waals surface area contributed by atoms with Crippen LogP contribution in [0.25, 0.3) is 16.9 Å². The molecule has 216 valence electrons. The van der Waals surface area contributed by atoms with Crippen LogP contribution in [0.15, 0.2) is 36.7 Å². The van der Waals surface area contributed by atoms with Gasteiger partial charge in [0.2, 0.25) is 5.91 Å². The fraction of sp³-hybridized carbons (Fsp3) is 0.483. The molecular weight excluding hydrogens is 527 g/mol. The van der Waals surface area contributed by atoms with Crippen molar-refractivity contribution in [1.82, 2.24) is 30.1 Å². The van der Waals surface area contributed by atoms with Gasteiger partial charge in [0, 0.05) is 31.9 Å². The number of nitrogens with one attached hydrogen (secondary N) is 3. The first-order chi connectivity index (χ1) is 19.5. The Balaban J connectivity index is 1.30. The number of amides is 2. The van der Waals surface area contributed by atoms with Gasteiger partial charge in [0.15, 0.2) is 0 Å². The van der Waals surface area contributed by atoms with Gasteiger partial charge in [0.1, 0.15) is 12.2 Å². The third-order valence-electron chi connectivity index (χ3n) is 7.84. The van der Waals surface area contributed by atoms with Crippen molar-refractivity contribution in [3.63, 3.8) is 0 Å². The van der Waals surface area contributed by atoms with E-state index in [1.54, 1.807) is 16.6 Å². The first-order valence-electron chi connectivity index (χ1n) is 13.8. The zero-order chi connectivity index (χ0) is 29.3. The van der Waals surface area contributed by atoms with E-state index >= 15 is 0 Å². The number of anilines is 1. The van der Waals surface area contributed by atoms with E-state index in [1.165, 1.54) is 26.2 Å². The highest BCUT2D eigenvalue weighted by molar-refractivity contribution is 6.00. The van der Waals surface area contributed by atoms with Gasteiger partial charge >= 0.3 is 0 Å². The summed E-state index contributed by atoms with van der Waals surface area (Å²) in [6, 6.07) is 9.33. The minimum Gasteiger partial charge on any atom is -0.387 e. The lowest BCUT2D eigenvalue weighted by molar-refractivity contribution is -0.129. The second-order valence-electron chi connectivity index (χ2n) is 11.7. The summed E-state index contributed by atoms with van der Waals surface area (Å²) in [4.78, 5) is 32.0. The second-order valence-corrected chi connectivity index (χ2v) is 11.7. The number of aromatic nitrogens is 3. The number of likely N-dealkylation sites (tertiary alicyclic amines) is 1. The Morgan fingerprint density at radius 2 is 1.98 bits per heavy atom. The van der Waals surface area contributed by atoms with Gasteiger partial charge in [-0.1, -0.05) is 0 Å². The molecule has 0 bridgehead atoms. The smallest absolute Gasteiger partial charge is 0.255 e. The quantitative estimate of drug-likeness (QED) is 0.293. The van der Waals surface area contributed by atoms with E-state index in [2.05, 4.69) is 37.0 Å². The van der Waals surface area contributed by atoms with Gasteiger partial charge in [0.25, 0.3) is 5.91 Å². The van der Waals surface area contributed by atoms with E-state index in [4.69, 9.17) is 0 Å². The molecule has 0 spiro atoms. The number of nitriles is 1. The van der Waals surface area contributed by atoms with Crippen LogP contribution >= 0.6 is 0 Å². The molecule has 1 aliphatic carbocycles. The maximum absolute atomic E-state index is 14.3. The molecular formula is C29H35FN8O3. The second kappa shape index (κ2) is 11.4. The summed E-state index contributed by atoms with van der Waals surface area (Å²) < 4.78 is 16.0. The molecule has 1 saturated carbocycles. The van der Waals surface area contributed by atoms with Crippen molar-refractivity contribution in [2.24, 2.45) is 11.8 Å². The Hall–Kier alpha value is -4.08. The molecule has 12 heteroatoms. The molecule has 2 aliphatic rings. The Labute approximate surface area is 237 Å². The van der Waals surface area contributed by atoms with Gasteiger partial charge in [-0.05, 0) is 63.9 Å². The molecule has 41 heavy (non-hydrogen) atoms. The predicted molar refractivity (Wildman–Crippen MR) is 151 cm³/mol. The molecule has 2 amide bonds. The van der Waals surface area contributed by atoms with Gasteiger partial charge < -0.3 is 26.0 Å².